The van der Waals surface area contributed by atoms with Crippen LogP contribution in [0.25, 0.3) is 0 Å². The van der Waals surface area contributed by atoms with Gasteiger partial charge in [-0.15, -0.1) is 0 Å². The van der Waals surface area contributed by atoms with E-state index in [0.29, 0.717) is 0 Å². The molecule has 0 fully saturated rings. The molecule has 1 aromatic carbocycles. The van der Waals surface area contributed by atoms with E-state index in [-0.39, 0.29) is 11.1 Å². The summed E-state index contributed by atoms with van der Waals surface area (Å²) in [5, 5.41) is 0. The van der Waals surface area contributed by atoms with Gasteiger partial charge in [0.25, 0.3) is 0 Å². The molecule has 1 heterocycles. The van der Waals surface area contributed by atoms with Crippen LogP contribution in [0.3, 0.4) is 0 Å². The lowest BCUT2D eigenvalue weighted by Crippen LogP contribution is -2.41. The van der Waals surface area contributed by atoms with E-state index in [9.17, 15) is 8.78 Å². The zero-order valence-corrected chi connectivity index (χ0v) is 10.2. The van der Waals surface area contributed by atoms with E-state index in [1.54, 1.807) is 13.8 Å². The summed E-state index contributed by atoms with van der Waals surface area (Å²) < 4.78 is 25.4. The minimum atomic E-state index is -1.44. The first-order valence-electron chi connectivity index (χ1n) is 4.69. The van der Waals surface area contributed by atoms with E-state index in [0.717, 1.165) is 12.1 Å². The maximum atomic E-state index is 13.7. The Morgan fingerprint density at radius 1 is 1.19 bits per heavy atom. The molecule has 1 aliphatic rings. The Hall–Kier alpha value is -0.670. The van der Waals surface area contributed by atoms with Gasteiger partial charge in [-0.1, -0.05) is 23.2 Å². The third-order valence-electron chi connectivity index (χ3n) is 2.69. The lowest BCUT2D eigenvalue weighted by atomic mass is 9.88. The van der Waals surface area contributed by atoms with Crippen LogP contribution in [-0.2, 0) is 4.33 Å². The number of benzene rings is 1. The quantitative estimate of drug-likeness (QED) is 0.629. The van der Waals surface area contributed by atoms with Crippen LogP contribution in [0.15, 0.2) is 23.2 Å². The average molecular weight is 264 g/mol. The molecule has 0 N–H and O–H groups in total. The standard InChI is InChI=1S/C11H9Cl2F2N/c1-10(2)11(12,13)8-5-6(14)3-4-7(8)9(15)16-10/h3-5H,1-2H3. The van der Waals surface area contributed by atoms with Gasteiger partial charge in [-0.3, -0.25) is 0 Å². The Bertz CT molecular complexity index is 481. The van der Waals surface area contributed by atoms with E-state index in [1.165, 1.54) is 6.07 Å². The normalized spacial score (nSPS) is 21.2. The van der Waals surface area contributed by atoms with Gasteiger partial charge in [0.05, 0.1) is 5.54 Å². The van der Waals surface area contributed by atoms with Crippen LogP contribution in [0, 0.1) is 5.82 Å². The zero-order chi connectivity index (χ0) is 12.1. The van der Waals surface area contributed by atoms with Crippen molar-refractivity contribution in [3.05, 3.63) is 35.1 Å². The molecule has 0 bridgehead atoms. The van der Waals surface area contributed by atoms with Crippen LogP contribution in [-0.4, -0.2) is 11.5 Å². The molecule has 0 saturated heterocycles. The number of rotatable bonds is 0. The summed E-state index contributed by atoms with van der Waals surface area (Å²) in [4.78, 5) is 3.80. The van der Waals surface area contributed by atoms with Crippen LogP contribution in [0.4, 0.5) is 8.78 Å². The molecule has 1 aromatic rings. The summed E-state index contributed by atoms with van der Waals surface area (Å²) in [5.41, 5.74) is -0.680. The van der Waals surface area contributed by atoms with E-state index >= 15 is 0 Å². The molecular formula is C11H9Cl2F2N. The predicted molar refractivity (Wildman–Crippen MR) is 61.5 cm³/mol. The number of hydrogen-bond acceptors (Lipinski definition) is 1. The maximum absolute atomic E-state index is 13.7. The maximum Gasteiger partial charge on any atom is 0.216 e. The van der Waals surface area contributed by atoms with E-state index in [2.05, 4.69) is 4.99 Å². The Morgan fingerprint density at radius 3 is 2.44 bits per heavy atom. The van der Waals surface area contributed by atoms with Crippen molar-refractivity contribution in [3.8, 4) is 0 Å². The minimum Gasteiger partial charge on any atom is -0.248 e. The summed E-state index contributed by atoms with van der Waals surface area (Å²) in [6.45, 7) is 3.20. The van der Waals surface area contributed by atoms with Crippen molar-refractivity contribution in [2.45, 2.75) is 23.7 Å². The summed E-state index contributed by atoms with van der Waals surface area (Å²) in [7, 11) is 0. The summed E-state index contributed by atoms with van der Waals surface area (Å²) in [5.74, 6) is -1.17. The molecule has 2 rings (SSSR count). The van der Waals surface area contributed by atoms with Gasteiger partial charge in [0.15, 0.2) is 4.33 Å². The number of alkyl halides is 2. The molecule has 0 saturated carbocycles. The Balaban J connectivity index is 2.75. The highest BCUT2D eigenvalue weighted by molar-refractivity contribution is 6.49. The van der Waals surface area contributed by atoms with Crippen LogP contribution >= 0.6 is 23.2 Å². The molecule has 0 atom stereocenters. The van der Waals surface area contributed by atoms with Crippen molar-refractivity contribution >= 4 is 29.2 Å². The van der Waals surface area contributed by atoms with Gasteiger partial charge < -0.3 is 0 Å². The smallest absolute Gasteiger partial charge is 0.216 e. The summed E-state index contributed by atoms with van der Waals surface area (Å²) >= 11 is 12.3. The topological polar surface area (TPSA) is 12.4 Å². The van der Waals surface area contributed by atoms with E-state index in [4.69, 9.17) is 23.2 Å². The van der Waals surface area contributed by atoms with Crippen molar-refractivity contribution in [3.63, 3.8) is 0 Å². The van der Waals surface area contributed by atoms with E-state index < -0.39 is 21.7 Å². The highest BCUT2D eigenvalue weighted by Crippen LogP contribution is 2.50. The monoisotopic (exact) mass is 263 g/mol. The van der Waals surface area contributed by atoms with Gasteiger partial charge in [0.1, 0.15) is 5.82 Å². The van der Waals surface area contributed by atoms with E-state index in [1.807, 2.05) is 0 Å². The Morgan fingerprint density at radius 2 is 1.81 bits per heavy atom. The van der Waals surface area contributed by atoms with Gasteiger partial charge in [-0.2, -0.15) is 4.39 Å². The number of hydrogen-bond donors (Lipinski definition) is 0. The number of nitrogens with zero attached hydrogens (tertiary/aromatic N) is 1. The van der Waals surface area contributed by atoms with Crippen LogP contribution in [0.2, 0.25) is 0 Å². The van der Waals surface area contributed by atoms with Crippen molar-refractivity contribution < 1.29 is 8.78 Å². The molecule has 0 unspecified atom stereocenters. The molecule has 0 spiro atoms. The number of aliphatic imine (C=N–C) groups is 1. The fraction of sp³-hybridized carbons (Fsp3) is 0.364. The molecule has 0 aromatic heterocycles. The molecular weight excluding hydrogens is 255 g/mol. The first kappa shape index (κ1) is 11.8. The van der Waals surface area contributed by atoms with Crippen LogP contribution < -0.4 is 0 Å². The molecule has 86 valence electrons. The molecule has 1 aliphatic heterocycles. The molecule has 1 nitrogen and oxygen atoms in total. The van der Waals surface area contributed by atoms with Gasteiger partial charge in [0, 0.05) is 11.1 Å². The predicted octanol–water partition coefficient (Wildman–Crippen LogP) is 3.96. The first-order chi connectivity index (χ1) is 7.25. The fourth-order valence-corrected chi connectivity index (χ4v) is 2.06. The van der Waals surface area contributed by atoms with Gasteiger partial charge >= 0.3 is 0 Å². The van der Waals surface area contributed by atoms with Gasteiger partial charge in [-0.05, 0) is 32.0 Å². The van der Waals surface area contributed by atoms with Crippen molar-refractivity contribution in [2.24, 2.45) is 4.99 Å². The molecule has 5 heteroatoms. The van der Waals surface area contributed by atoms with Crippen molar-refractivity contribution in [1.82, 2.24) is 0 Å². The Labute approximate surface area is 102 Å². The fourth-order valence-electron chi connectivity index (χ4n) is 1.66. The van der Waals surface area contributed by atoms with Crippen molar-refractivity contribution in [2.75, 3.05) is 0 Å². The third kappa shape index (κ3) is 1.54. The second-order valence-electron chi connectivity index (χ2n) is 4.23. The lowest BCUT2D eigenvalue weighted by molar-refractivity contribution is 0.445. The SMILES string of the molecule is CC1(C)N=C(F)c2ccc(F)cc2C1(Cl)Cl. The molecule has 0 amide bonds. The average Bonchev–Trinajstić information content (AvgIpc) is 2.14. The van der Waals surface area contributed by atoms with Crippen molar-refractivity contribution in [1.29, 1.82) is 0 Å². The van der Waals surface area contributed by atoms with Crippen LogP contribution in [0.1, 0.15) is 25.0 Å². The van der Waals surface area contributed by atoms with Gasteiger partial charge in [0.2, 0.25) is 5.97 Å². The number of fused-ring (bicyclic) bond motifs is 1. The highest BCUT2D eigenvalue weighted by Gasteiger charge is 2.49. The lowest BCUT2D eigenvalue weighted by Gasteiger charge is -2.38. The molecule has 16 heavy (non-hydrogen) atoms. The number of halogens is 4. The summed E-state index contributed by atoms with van der Waals surface area (Å²) in [6.07, 6.45) is 0. The second-order valence-corrected chi connectivity index (χ2v) is 5.55. The van der Waals surface area contributed by atoms with Crippen LogP contribution in [0.5, 0.6) is 0 Å². The Kier molecular flexibility index (Phi) is 2.52. The summed E-state index contributed by atoms with van der Waals surface area (Å²) in [6, 6.07) is 3.58. The van der Waals surface area contributed by atoms with Gasteiger partial charge in [-0.25, -0.2) is 9.38 Å². The minimum absolute atomic E-state index is 0.144. The largest absolute Gasteiger partial charge is 0.248 e. The highest BCUT2D eigenvalue weighted by atomic mass is 35.5. The first-order valence-corrected chi connectivity index (χ1v) is 5.45. The third-order valence-corrected chi connectivity index (χ3v) is 4.02. The molecule has 0 radical (unpaired) electrons. The molecule has 0 aliphatic carbocycles. The zero-order valence-electron chi connectivity index (χ0n) is 8.69. The second kappa shape index (κ2) is 3.41.